The second-order valence-electron chi connectivity index (χ2n) is 3.25. The minimum absolute atomic E-state index is 0.444. The van der Waals surface area contributed by atoms with Crippen molar-refractivity contribution in [1.82, 2.24) is 5.32 Å². The predicted octanol–water partition coefficient (Wildman–Crippen LogP) is 0.760. The molecular formula is C10H15NO3S. The molecular weight excluding hydrogens is 214 g/mol. The summed E-state index contributed by atoms with van der Waals surface area (Å²) in [5.74, 6) is -0.444. The molecule has 0 bridgehead atoms. The van der Waals surface area contributed by atoms with Gasteiger partial charge in [-0.15, -0.1) is 0 Å². The van der Waals surface area contributed by atoms with Crippen LogP contribution < -0.4 is 5.32 Å². The summed E-state index contributed by atoms with van der Waals surface area (Å²) in [6.45, 7) is 2.11. The summed E-state index contributed by atoms with van der Waals surface area (Å²) in [7, 11) is 1.31. The Bertz CT molecular complexity index is 298. The normalized spacial score (nSPS) is 14.6. The van der Waals surface area contributed by atoms with Crippen LogP contribution in [0.2, 0.25) is 0 Å². The summed E-state index contributed by atoms with van der Waals surface area (Å²) in [6, 6.07) is 1.29. The molecule has 0 aliphatic heterocycles. The number of hydrogen-bond acceptors (Lipinski definition) is 5. The van der Waals surface area contributed by atoms with Crippen molar-refractivity contribution in [3.8, 4) is 0 Å². The Balaban J connectivity index is 2.49. The van der Waals surface area contributed by atoms with E-state index >= 15 is 0 Å². The number of aliphatic hydroxyl groups is 1. The number of ether oxygens (including phenoxy) is 1. The number of methoxy groups -OCH3 is 1. The zero-order valence-electron chi connectivity index (χ0n) is 8.77. The van der Waals surface area contributed by atoms with Crippen LogP contribution in [0.3, 0.4) is 0 Å². The Hall–Kier alpha value is -0.910. The highest BCUT2D eigenvalue weighted by Gasteiger charge is 2.23. The van der Waals surface area contributed by atoms with Crippen LogP contribution in [0.5, 0.6) is 0 Å². The van der Waals surface area contributed by atoms with Crippen LogP contribution in [0, 0.1) is 0 Å². The number of thiophene rings is 1. The summed E-state index contributed by atoms with van der Waals surface area (Å²) < 4.78 is 4.58. The van der Waals surface area contributed by atoms with E-state index in [-0.39, 0.29) is 0 Å². The van der Waals surface area contributed by atoms with Gasteiger partial charge in [-0.1, -0.05) is 0 Å². The maximum absolute atomic E-state index is 11.3. The van der Waals surface area contributed by atoms with Gasteiger partial charge in [-0.05, 0) is 29.3 Å². The van der Waals surface area contributed by atoms with Gasteiger partial charge in [0.05, 0.1) is 13.2 Å². The van der Waals surface area contributed by atoms with E-state index in [0.717, 1.165) is 5.56 Å². The Morgan fingerprint density at radius 1 is 1.73 bits per heavy atom. The van der Waals surface area contributed by atoms with Crippen molar-refractivity contribution < 1.29 is 14.6 Å². The monoisotopic (exact) mass is 229 g/mol. The molecule has 5 heteroatoms. The molecule has 0 saturated carbocycles. The van der Waals surface area contributed by atoms with Crippen molar-refractivity contribution in [2.24, 2.45) is 0 Å². The molecule has 0 aromatic carbocycles. The summed E-state index contributed by atoms with van der Waals surface area (Å²) in [6.07, 6.45) is -0.768. The number of aliphatic hydroxyl groups excluding tert-OH is 1. The van der Waals surface area contributed by atoms with Gasteiger partial charge in [0.15, 0.2) is 0 Å². The molecule has 1 aromatic heterocycles. The second-order valence-corrected chi connectivity index (χ2v) is 4.03. The highest BCUT2D eigenvalue weighted by Crippen LogP contribution is 2.06. The van der Waals surface area contributed by atoms with Gasteiger partial charge in [-0.3, -0.25) is 10.1 Å². The lowest BCUT2D eigenvalue weighted by Gasteiger charge is -2.18. The molecule has 0 unspecified atom stereocenters. The zero-order valence-corrected chi connectivity index (χ0v) is 9.58. The lowest BCUT2D eigenvalue weighted by atomic mass is 10.2. The topological polar surface area (TPSA) is 58.6 Å². The Labute approximate surface area is 92.9 Å². The Kier molecular flexibility index (Phi) is 4.74. The molecule has 1 heterocycles. The maximum Gasteiger partial charge on any atom is 0.325 e. The number of hydrogen-bond donors (Lipinski definition) is 2. The van der Waals surface area contributed by atoms with Crippen molar-refractivity contribution in [2.75, 3.05) is 7.11 Å². The van der Waals surface area contributed by atoms with Crippen LogP contribution in [0.4, 0.5) is 0 Å². The van der Waals surface area contributed by atoms with Gasteiger partial charge in [-0.2, -0.15) is 11.3 Å². The third-order valence-corrected chi connectivity index (χ3v) is 2.78. The number of rotatable bonds is 5. The van der Waals surface area contributed by atoms with Crippen molar-refractivity contribution in [2.45, 2.75) is 25.6 Å². The van der Waals surface area contributed by atoms with Crippen molar-refractivity contribution in [3.05, 3.63) is 22.4 Å². The lowest BCUT2D eigenvalue weighted by Crippen LogP contribution is -2.45. The lowest BCUT2D eigenvalue weighted by molar-refractivity contribution is -0.145. The van der Waals surface area contributed by atoms with Gasteiger partial charge >= 0.3 is 5.97 Å². The summed E-state index contributed by atoms with van der Waals surface area (Å²) in [5, 5.41) is 16.3. The van der Waals surface area contributed by atoms with E-state index in [4.69, 9.17) is 0 Å². The van der Waals surface area contributed by atoms with Crippen LogP contribution in [0.25, 0.3) is 0 Å². The minimum Gasteiger partial charge on any atom is -0.468 e. The number of carbonyl (C=O) groups is 1. The largest absolute Gasteiger partial charge is 0.468 e. The summed E-state index contributed by atoms with van der Waals surface area (Å²) >= 11 is 1.60. The fraction of sp³-hybridized carbons (Fsp3) is 0.500. The van der Waals surface area contributed by atoms with E-state index in [1.165, 1.54) is 7.11 Å². The van der Waals surface area contributed by atoms with Crippen LogP contribution >= 0.6 is 11.3 Å². The fourth-order valence-electron chi connectivity index (χ4n) is 1.20. The second kappa shape index (κ2) is 5.85. The fourth-order valence-corrected chi connectivity index (χ4v) is 1.87. The van der Waals surface area contributed by atoms with E-state index in [2.05, 4.69) is 10.1 Å². The summed E-state index contributed by atoms with van der Waals surface area (Å²) in [5.41, 5.74) is 1.09. The molecule has 4 nitrogen and oxygen atoms in total. The van der Waals surface area contributed by atoms with Gasteiger partial charge in [0.25, 0.3) is 0 Å². The molecule has 84 valence electrons. The van der Waals surface area contributed by atoms with E-state index in [0.29, 0.717) is 6.54 Å². The first kappa shape index (κ1) is 12.2. The van der Waals surface area contributed by atoms with Crippen LogP contribution in [-0.2, 0) is 16.1 Å². The molecule has 1 aromatic rings. The quantitative estimate of drug-likeness (QED) is 0.732. The van der Waals surface area contributed by atoms with Crippen LogP contribution in [0.15, 0.2) is 16.8 Å². The number of carbonyl (C=O) groups excluding carboxylic acids is 1. The average Bonchev–Trinajstić information content (AvgIpc) is 2.70. The molecule has 0 aliphatic rings. The molecule has 2 N–H and O–H groups in total. The van der Waals surface area contributed by atoms with E-state index in [9.17, 15) is 9.90 Å². The SMILES string of the molecule is COC(=O)[C@H](NCc1ccsc1)[C@@H](C)O. The minimum atomic E-state index is -0.768. The molecule has 0 saturated heterocycles. The molecule has 0 spiro atoms. The van der Waals surface area contributed by atoms with E-state index < -0.39 is 18.1 Å². The standard InChI is InChI=1S/C10H15NO3S/c1-7(12)9(10(13)14-2)11-5-8-3-4-15-6-8/h3-4,6-7,9,11-12H,5H2,1-2H3/t7-,9-/m1/s1. The molecule has 15 heavy (non-hydrogen) atoms. The maximum atomic E-state index is 11.3. The molecule has 0 radical (unpaired) electrons. The average molecular weight is 229 g/mol. The van der Waals surface area contributed by atoms with E-state index in [1.807, 2.05) is 16.8 Å². The van der Waals surface area contributed by atoms with Crippen molar-refractivity contribution in [3.63, 3.8) is 0 Å². The molecule has 0 fully saturated rings. The summed E-state index contributed by atoms with van der Waals surface area (Å²) in [4.78, 5) is 11.3. The van der Waals surface area contributed by atoms with Crippen molar-refractivity contribution >= 4 is 17.3 Å². The van der Waals surface area contributed by atoms with Gasteiger partial charge in [-0.25, -0.2) is 0 Å². The Morgan fingerprint density at radius 2 is 2.47 bits per heavy atom. The number of nitrogens with one attached hydrogen (secondary N) is 1. The molecule has 0 aliphatic carbocycles. The van der Waals surface area contributed by atoms with E-state index in [1.54, 1.807) is 18.3 Å². The smallest absolute Gasteiger partial charge is 0.325 e. The molecule has 2 atom stereocenters. The molecule has 0 amide bonds. The first-order chi connectivity index (χ1) is 7.15. The van der Waals surface area contributed by atoms with Crippen molar-refractivity contribution in [1.29, 1.82) is 0 Å². The van der Waals surface area contributed by atoms with Crippen LogP contribution in [0.1, 0.15) is 12.5 Å². The third kappa shape index (κ3) is 3.62. The van der Waals surface area contributed by atoms with Gasteiger partial charge < -0.3 is 9.84 Å². The Morgan fingerprint density at radius 3 is 2.93 bits per heavy atom. The number of esters is 1. The van der Waals surface area contributed by atoms with Gasteiger partial charge in [0, 0.05) is 6.54 Å². The van der Waals surface area contributed by atoms with Gasteiger partial charge in [0.1, 0.15) is 6.04 Å². The molecule has 1 rings (SSSR count). The van der Waals surface area contributed by atoms with Crippen LogP contribution in [-0.4, -0.2) is 30.3 Å². The van der Waals surface area contributed by atoms with Gasteiger partial charge in [0.2, 0.25) is 0 Å². The third-order valence-electron chi connectivity index (χ3n) is 2.04. The highest BCUT2D eigenvalue weighted by atomic mass is 32.1. The zero-order chi connectivity index (χ0) is 11.3. The first-order valence-electron chi connectivity index (χ1n) is 4.65. The first-order valence-corrected chi connectivity index (χ1v) is 5.59. The predicted molar refractivity (Wildman–Crippen MR) is 58.6 cm³/mol. The highest BCUT2D eigenvalue weighted by molar-refractivity contribution is 7.07.